The highest BCUT2D eigenvalue weighted by Gasteiger charge is 2.36. The summed E-state index contributed by atoms with van der Waals surface area (Å²) >= 11 is 0. The van der Waals surface area contributed by atoms with Crippen molar-refractivity contribution in [1.82, 2.24) is 5.32 Å². The third kappa shape index (κ3) is 4.15. The van der Waals surface area contributed by atoms with Crippen LogP contribution in [0.3, 0.4) is 0 Å². The summed E-state index contributed by atoms with van der Waals surface area (Å²) in [5.41, 5.74) is -0.608. The van der Waals surface area contributed by atoms with Crippen LogP contribution in [-0.4, -0.2) is 16.5 Å². The van der Waals surface area contributed by atoms with Gasteiger partial charge in [0.25, 0.3) is 0 Å². The summed E-state index contributed by atoms with van der Waals surface area (Å²) in [7, 11) is -3.34. The van der Waals surface area contributed by atoms with Crippen LogP contribution in [-0.2, 0) is 15.9 Å². The molecule has 0 radical (unpaired) electrons. The van der Waals surface area contributed by atoms with Gasteiger partial charge in [0.05, 0.1) is 55.2 Å². The fourth-order valence-corrected chi connectivity index (χ4v) is 4.42. The maximum absolute atomic E-state index is 13.1. The van der Waals surface area contributed by atoms with Crippen molar-refractivity contribution in [2.24, 2.45) is 0 Å². The molecule has 2 atom stereocenters. The molecule has 2 aromatic rings. The number of anilines is 1. The number of carbonyl (C=O) groups excluding carboxylic acids is 1. The Morgan fingerprint density at radius 3 is 2.41 bits per heavy atom. The van der Waals surface area contributed by atoms with Gasteiger partial charge in [0.2, 0.25) is 0 Å². The van der Waals surface area contributed by atoms with Crippen molar-refractivity contribution in [3.05, 3.63) is 70.4 Å². The molecule has 2 N–H and O–H groups in total. The van der Waals surface area contributed by atoms with Crippen molar-refractivity contribution < 1.29 is 22.2 Å². The van der Waals surface area contributed by atoms with Crippen molar-refractivity contribution in [2.75, 3.05) is 11.2 Å². The van der Waals surface area contributed by atoms with E-state index in [-0.39, 0.29) is 33.0 Å². The third-order valence-corrected chi connectivity index (χ3v) is 6.10. The number of rotatable bonds is 3. The van der Waals surface area contributed by atoms with Crippen molar-refractivity contribution >= 4 is 21.4 Å². The zero-order valence-corrected chi connectivity index (χ0v) is 17.6. The first kappa shape index (κ1) is 22.8. The molecule has 1 aliphatic rings. The summed E-state index contributed by atoms with van der Waals surface area (Å²) in [4.78, 5) is 13.9. The lowest BCUT2D eigenvalue weighted by atomic mass is 9.94. The Hall–Kier alpha value is -3.83. The van der Waals surface area contributed by atoms with E-state index in [0.29, 0.717) is 0 Å². The van der Waals surface area contributed by atoms with E-state index in [2.05, 4.69) is 5.32 Å². The third-order valence-electron chi connectivity index (χ3n) is 4.91. The number of benzene rings is 2. The molecule has 164 valence electrons. The van der Waals surface area contributed by atoms with Gasteiger partial charge < -0.3 is 5.32 Å². The molecule has 2 unspecified atom stereocenters. The molecule has 1 heterocycles. The van der Waals surface area contributed by atoms with Gasteiger partial charge >= 0.3 is 12.2 Å². The second-order valence-electron chi connectivity index (χ2n) is 7.08. The van der Waals surface area contributed by atoms with E-state index in [9.17, 15) is 27.4 Å². The van der Waals surface area contributed by atoms with Gasteiger partial charge in [-0.3, -0.25) is 4.90 Å². The summed E-state index contributed by atoms with van der Waals surface area (Å²) < 4.78 is 59.9. The second kappa shape index (κ2) is 8.02. The number of hydrogen-bond donors (Lipinski definition) is 2. The van der Waals surface area contributed by atoms with E-state index in [1.165, 1.54) is 31.2 Å². The van der Waals surface area contributed by atoms with Crippen molar-refractivity contribution in [1.29, 1.82) is 15.3 Å². The van der Waals surface area contributed by atoms with Crippen molar-refractivity contribution in [3.63, 3.8) is 0 Å². The first-order valence-corrected chi connectivity index (χ1v) is 11.0. The minimum atomic E-state index is -4.62. The van der Waals surface area contributed by atoms with Crippen LogP contribution in [0.5, 0.6) is 0 Å². The fraction of sp³-hybridized carbons (Fsp3) is 0.190. The number of alkyl halides is 3. The van der Waals surface area contributed by atoms with Crippen LogP contribution in [0.25, 0.3) is 0 Å². The van der Waals surface area contributed by atoms with Gasteiger partial charge in [0.1, 0.15) is 0 Å². The molecule has 0 saturated heterocycles. The maximum atomic E-state index is 13.1. The van der Waals surface area contributed by atoms with Gasteiger partial charge in [-0.1, -0.05) is 12.1 Å². The molecule has 0 bridgehead atoms. The summed E-state index contributed by atoms with van der Waals surface area (Å²) in [5, 5.41) is 21.5. The van der Waals surface area contributed by atoms with Gasteiger partial charge in [-0.2, -0.15) is 23.7 Å². The van der Waals surface area contributed by atoms with Crippen LogP contribution in [0.1, 0.15) is 29.7 Å². The number of hydrogen-bond acceptors (Lipinski definition) is 5. The summed E-state index contributed by atoms with van der Waals surface area (Å²) in [6.07, 6.45) is -3.47. The molecular weight excluding hydrogens is 443 g/mol. The number of amides is 2. The maximum Gasteiger partial charge on any atom is 0.416 e. The fourth-order valence-electron chi connectivity index (χ4n) is 3.43. The first-order valence-electron chi connectivity index (χ1n) is 9.05. The van der Waals surface area contributed by atoms with Crippen LogP contribution in [0.15, 0.2) is 58.6 Å². The van der Waals surface area contributed by atoms with Crippen LogP contribution < -0.4 is 10.2 Å². The van der Waals surface area contributed by atoms with Crippen LogP contribution >= 0.6 is 0 Å². The molecule has 7 nitrogen and oxygen atoms in total. The lowest BCUT2D eigenvalue weighted by Crippen LogP contribution is -2.46. The quantitative estimate of drug-likeness (QED) is 0.692. The number of nitrogens with one attached hydrogen (secondary N) is 2. The normalized spacial score (nSPS) is 18.4. The zero-order chi connectivity index (χ0) is 23.8. The molecule has 0 fully saturated rings. The average molecular weight is 459 g/mol. The van der Waals surface area contributed by atoms with Gasteiger partial charge in [-0.15, -0.1) is 0 Å². The van der Waals surface area contributed by atoms with Gasteiger partial charge in [0, 0.05) is 12.0 Å². The summed E-state index contributed by atoms with van der Waals surface area (Å²) in [6.45, 7) is 1.41. The van der Waals surface area contributed by atoms with E-state index in [0.717, 1.165) is 29.4 Å². The summed E-state index contributed by atoms with van der Waals surface area (Å²) in [5.74, 6) is 0. The molecule has 0 spiro atoms. The van der Waals surface area contributed by atoms with E-state index in [4.69, 9.17) is 10.0 Å². The van der Waals surface area contributed by atoms with Crippen molar-refractivity contribution in [3.8, 4) is 12.1 Å². The van der Waals surface area contributed by atoms with Crippen LogP contribution in [0.2, 0.25) is 0 Å². The monoisotopic (exact) mass is 459 g/mol. The topological polar surface area (TPSA) is 121 Å². The highest BCUT2D eigenvalue weighted by Crippen LogP contribution is 2.37. The highest BCUT2D eigenvalue weighted by atomic mass is 32.2. The SMILES string of the molecule is CC1=C(C#N)C(c2ccc(C#N)cc2S(C)(=N)=O)NC(=O)N1c1cccc(C(F)(F)F)c1. The molecule has 3 rings (SSSR count). The lowest BCUT2D eigenvalue weighted by Gasteiger charge is -2.34. The number of halogens is 3. The molecule has 2 aromatic carbocycles. The van der Waals surface area contributed by atoms with E-state index in [1.54, 1.807) is 0 Å². The average Bonchev–Trinajstić information content (AvgIpc) is 2.72. The van der Waals surface area contributed by atoms with Gasteiger partial charge in [0.15, 0.2) is 0 Å². The van der Waals surface area contributed by atoms with E-state index >= 15 is 0 Å². The largest absolute Gasteiger partial charge is 0.416 e. The second-order valence-corrected chi connectivity index (χ2v) is 9.21. The molecule has 1 aliphatic heterocycles. The first-order chi connectivity index (χ1) is 14.9. The minimum absolute atomic E-state index is 0.00313. The smallest absolute Gasteiger partial charge is 0.326 e. The van der Waals surface area contributed by atoms with E-state index < -0.39 is 33.5 Å². The molecular formula is C21H16F3N5O2S. The van der Waals surface area contributed by atoms with Crippen LogP contribution in [0, 0.1) is 27.4 Å². The Morgan fingerprint density at radius 2 is 1.84 bits per heavy atom. The number of allylic oxidation sites excluding steroid dienone is 1. The molecule has 0 aliphatic carbocycles. The Balaban J connectivity index is 2.19. The molecule has 11 heteroatoms. The number of carbonyl (C=O) groups is 1. The lowest BCUT2D eigenvalue weighted by molar-refractivity contribution is -0.137. The Kier molecular flexibility index (Phi) is 5.73. The highest BCUT2D eigenvalue weighted by molar-refractivity contribution is 7.91. The van der Waals surface area contributed by atoms with Crippen LogP contribution in [0.4, 0.5) is 23.7 Å². The van der Waals surface area contributed by atoms with Gasteiger partial charge in [-0.05, 0) is 42.8 Å². The number of nitrogens with zero attached hydrogens (tertiary/aromatic N) is 3. The zero-order valence-electron chi connectivity index (χ0n) is 16.8. The Morgan fingerprint density at radius 1 is 1.16 bits per heavy atom. The predicted molar refractivity (Wildman–Crippen MR) is 110 cm³/mol. The Bertz CT molecular complexity index is 1330. The molecule has 0 saturated carbocycles. The molecule has 2 amide bonds. The number of nitriles is 2. The molecule has 32 heavy (non-hydrogen) atoms. The van der Waals surface area contributed by atoms with E-state index in [1.807, 2.05) is 12.1 Å². The predicted octanol–water partition coefficient (Wildman–Crippen LogP) is 4.68. The van der Waals surface area contributed by atoms with Crippen molar-refractivity contribution in [2.45, 2.75) is 24.0 Å². The summed E-state index contributed by atoms with van der Waals surface area (Å²) in [6, 6.07) is 10.2. The standard InChI is InChI=1S/C21H16F3N5O2S/c1-12-17(11-26)19(16-7-6-13(10-25)8-18(16)32(2,27)31)28-20(30)29(12)15-5-3-4-14(9-15)21(22,23)24/h3-9,19,27H,1-2H3,(H,28,30). The number of urea groups is 1. The minimum Gasteiger partial charge on any atom is -0.326 e. The van der Waals surface area contributed by atoms with Gasteiger partial charge in [-0.25, -0.2) is 13.8 Å². The Labute approximate surface area is 182 Å². The molecule has 0 aromatic heterocycles.